The minimum atomic E-state index is -5.18. The van der Waals surface area contributed by atoms with Crippen molar-refractivity contribution in [3.8, 4) is 17.6 Å². The fourth-order valence-electron chi connectivity index (χ4n) is 3.05. The molecule has 0 saturated heterocycles. The Morgan fingerprint density at radius 1 is 1.00 bits per heavy atom. The molecule has 0 saturated carbocycles. The minimum Gasteiger partial charge on any atom is -0.399 e. The number of allylic oxidation sites excluding steroid dienone is 1. The third-order valence-electron chi connectivity index (χ3n) is 4.37. The van der Waals surface area contributed by atoms with Crippen LogP contribution < -0.4 is 4.74 Å². The third-order valence-corrected chi connectivity index (χ3v) is 4.37. The Labute approximate surface area is 153 Å². The summed E-state index contributed by atoms with van der Waals surface area (Å²) >= 11 is 0. The molecule has 0 bridgehead atoms. The molecule has 140 valence electrons. The Morgan fingerprint density at radius 3 is 2.30 bits per heavy atom. The summed E-state index contributed by atoms with van der Waals surface area (Å²) < 4.78 is 67.3. The summed E-state index contributed by atoms with van der Waals surface area (Å²) in [4.78, 5) is 0. The van der Waals surface area contributed by atoms with Crippen molar-refractivity contribution in [3.05, 3.63) is 76.9 Å². The maximum Gasteiger partial charge on any atom is 0.573 e. The zero-order chi connectivity index (χ0) is 19.6. The molecule has 2 aromatic carbocycles. The van der Waals surface area contributed by atoms with E-state index in [-0.39, 0.29) is 5.56 Å². The molecule has 1 atom stereocenters. The van der Waals surface area contributed by atoms with Crippen LogP contribution in [-0.2, 0) is 12.8 Å². The van der Waals surface area contributed by atoms with Crippen molar-refractivity contribution in [1.82, 2.24) is 0 Å². The topological polar surface area (TPSA) is 9.23 Å². The summed E-state index contributed by atoms with van der Waals surface area (Å²) in [5.74, 6) is 1.42. The molecular formula is C21H15F5O. The molecule has 3 rings (SSSR count). The van der Waals surface area contributed by atoms with Gasteiger partial charge in [-0.2, -0.15) is 0 Å². The third kappa shape index (κ3) is 4.68. The first-order valence-electron chi connectivity index (χ1n) is 8.26. The summed E-state index contributed by atoms with van der Waals surface area (Å²) in [5.41, 5.74) is 2.99. The fraction of sp³-hybridized carbons (Fsp3) is 0.238. The van der Waals surface area contributed by atoms with Gasteiger partial charge in [0.2, 0.25) is 5.75 Å². The second-order valence-corrected chi connectivity index (χ2v) is 6.29. The van der Waals surface area contributed by atoms with Crippen molar-refractivity contribution in [1.29, 1.82) is 0 Å². The number of hydrogen-bond donors (Lipinski definition) is 0. The SMILES string of the molecule is C=CC1CCc2cc(C#Cc3cc(F)c(OC(F)(F)F)c(F)c3)ccc2C1. The zero-order valence-corrected chi connectivity index (χ0v) is 14.2. The lowest BCUT2D eigenvalue weighted by molar-refractivity contribution is -0.276. The monoisotopic (exact) mass is 378 g/mol. The van der Waals surface area contributed by atoms with Crippen molar-refractivity contribution in [2.45, 2.75) is 25.6 Å². The van der Waals surface area contributed by atoms with Crippen LogP contribution in [0.5, 0.6) is 5.75 Å². The molecule has 1 aliphatic carbocycles. The summed E-state index contributed by atoms with van der Waals surface area (Å²) in [6, 6.07) is 7.13. The van der Waals surface area contributed by atoms with E-state index in [0.717, 1.165) is 19.3 Å². The van der Waals surface area contributed by atoms with Crippen LogP contribution in [-0.4, -0.2) is 6.36 Å². The van der Waals surface area contributed by atoms with Crippen LogP contribution >= 0.6 is 0 Å². The van der Waals surface area contributed by atoms with Gasteiger partial charge in [0, 0.05) is 11.1 Å². The molecule has 2 aromatic rings. The van der Waals surface area contributed by atoms with Gasteiger partial charge >= 0.3 is 6.36 Å². The molecule has 1 aliphatic rings. The highest BCUT2D eigenvalue weighted by molar-refractivity contribution is 5.48. The van der Waals surface area contributed by atoms with Gasteiger partial charge in [-0.05, 0) is 60.6 Å². The molecular weight excluding hydrogens is 363 g/mol. The largest absolute Gasteiger partial charge is 0.573 e. The number of ether oxygens (including phenoxy) is 1. The van der Waals surface area contributed by atoms with Crippen LogP contribution in [0.1, 0.15) is 28.7 Å². The highest BCUT2D eigenvalue weighted by atomic mass is 19.4. The van der Waals surface area contributed by atoms with Gasteiger partial charge in [0.05, 0.1) is 0 Å². The van der Waals surface area contributed by atoms with Gasteiger partial charge < -0.3 is 4.74 Å². The average molecular weight is 378 g/mol. The summed E-state index contributed by atoms with van der Waals surface area (Å²) in [7, 11) is 0. The maximum atomic E-state index is 13.7. The number of rotatable bonds is 2. The van der Waals surface area contributed by atoms with Gasteiger partial charge in [-0.15, -0.1) is 19.8 Å². The van der Waals surface area contributed by atoms with Crippen molar-refractivity contribution in [2.75, 3.05) is 0 Å². The van der Waals surface area contributed by atoms with Gasteiger partial charge in [-0.3, -0.25) is 0 Å². The Bertz CT molecular complexity index is 911. The zero-order valence-electron chi connectivity index (χ0n) is 14.2. The van der Waals surface area contributed by atoms with E-state index in [9.17, 15) is 22.0 Å². The minimum absolute atomic E-state index is 0.0797. The van der Waals surface area contributed by atoms with Gasteiger partial charge in [-0.25, -0.2) is 8.78 Å². The number of fused-ring (bicyclic) bond motifs is 1. The number of alkyl halides is 3. The molecule has 1 unspecified atom stereocenters. The van der Waals surface area contributed by atoms with E-state index in [1.807, 2.05) is 24.3 Å². The van der Waals surface area contributed by atoms with Crippen molar-refractivity contribution in [3.63, 3.8) is 0 Å². The quantitative estimate of drug-likeness (QED) is 0.378. The predicted octanol–water partition coefficient (Wildman–Crippen LogP) is 5.55. The smallest absolute Gasteiger partial charge is 0.399 e. The lowest BCUT2D eigenvalue weighted by atomic mass is 9.83. The van der Waals surface area contributed by atoms with Crippen LogP contribution in [0.3, 0.4) is 0 Å². The molecule has 0 radical (unpaired) electrons. The number of halogens is 5. The van der Waals surface area contributed by atoms with Gasteiger partial charge in [0.1, 0.15) is 0 Å². The first-order chi connectivity index (χ1) is 12.7. The van der Waals surface area contributed by atoms with E-state index in [1.165, 1.54) is 11.1 Å². The number of benzene rings is 2. The van der Waals surface area contributed by atoms with Crippen molar-refractivity contribution in [2.24, 2.45) is 5.92 Å². The molecule has 6 heteroatoms. The fourth-order valence-corrected chi connectivity index (χ4v) is 3.05. The predicted molar refractivity (Wildman–Crippen MR) is 91.2 cm³/mol. The van der Waals surface area contributed by atoms with Gasteiger partial charge in [-0.1, -0.05) is 24.0 Å². The van der Waals surface area contributed by atoms with Crippen LogP contribution in [0.15, 0.2) is 43.0 Å². The maximum absolute atomic E-state index is 13.7. The first kappa shape index (κ1) is 19.0. The van der Waals surface area contributed by atoms with E-state index in [4.69, 9.17) is 0 Å². The Kier molecular flexibility index (Phi) is 5.22. The Morgan fingerprint density at radius 2 is 1.67 bits per heavy atom. The molecule has 0 spiro atoms. The number of hydrogen-bond acceptors (Lipinski definition) is 1. The molecule has 0 heterocycles. The van der Waals surface area contributed by atoms with E-state index in [1.54, 1.807) is 0 Å². The highest BCUT2D eigenvalue weighted by Crippen LogP contribution is 2.29. The first-order valence-corrected chi connectivity index (χ1v) is 8.26. The summed E-state index contributed by atoms with van der Waals surface area (Å²) in [6.45, 7) is 3.82. The lowest BCUT2D eigenvalue weighted by Gasteiger charge is -2.22. The van der Waals surface area contributed by atoms with Crippen LogP contribution in [0.2, 0.25) is 0 Å². The molecule has 0 amide bonds. The van der Waals surface area contributed by atoms with E-state index in [0.29, 0.717) is 23.6 Å². The normalized spacial score (nSPS) is 16.1. The second-order valence-electron chi connectivity index (χ2n) is 6.29. The van der Waals surface area contributed by atoms with E-state index >= 15 is 0 Å². The number of aryl methyl sites for hydroxylation is 1. The van der Waals surface area contributed by atoms with Crippen LogP contribution in [0.25, 0.3) is 0 Å². The highest BCUT2D eigenvalue weighted by Gasteiger charge is 2.34. The summed E-state index contributed by atoms with van der Waals surface area (Å²) in [6.07, 6.45) is -0.406. The molecule has 0 aliphatic heterocycles. The van der Waals surface area contributed by atoms with Crippen LogP contribution in [0.4, 0.5) is 22.0 Å². The van der Waals surface area contributed by atoms with E-state index in [2.05, 4.69) is 23.2 Å². The average Bonchev–Trinajstić information content (AvgIpc) is 2.61. The van der Waals surface area contributed by atoms with Crippen LogP contribution in [0, 0.1) is 29.4 Å². The van der Waals surface area contributed by atoms with Gasteiger partial charge in [0.15, 0.2) is 11.6 Å². The Hall–Kier alpha value is -2.81. The van der Waals surface area contributed by atoms with Gasteiger partial charge in [0.25, 0.3) is 0 Å². The molecule has 27 heavy (non-hydrogen) atoms. The Balaban J connectivity index is 1.83. The van der Waals surface area contributed by atoms with Crippen molar-refractivity contribution >= 4 is 0 Å². The standard InChI is InChI=1S/C21H15F5O/c1-2-13-5-7-17-10-14(6-8-16(17)9-13)3-4-15-11-18(22)20(19(23)12-15)27-21(24,25)26/h2,6,8,10-13H,1,5,7,9H2. The molecule has 0 aromatic heterocycles. The summed E-state index contributed by atoms with van der Waals surface area (Å²) in [5, 5.41) is 0. The lowest BCUT2D eigenvalue weighted by Crippen LogP contribution is -2.19. The van der Waals surface area contributed by atoms with E-state index < -0.39 is 23.7 Å². The molecule has 0 N–H and O–H groups in total. The second kappa shape index (κ2) is 7.43. The molecule has 0 fully saturated rings. The van der Waals surface area contributed by atoms with Crippen molar-refractivity contribution < 1.29 is 26.7 Å². The molecule has 1 nitrogen and oxygen atoms in total.